The number of hydrogen-bond donors (Lipinski definition) is 0. The summed E-state index contributed by atoms with van der Waals surface area (Å²) < 4.78 is 13.0. The lowest BCUT2D eigenvalue weighted by atomic mass is 9.94. The molecule has 1 saturated carbocycles. The molecule has 2 aliphatic rings. The molecule has 164 valence electrons. The fourth-order valence-electron chi connectivity index (χ4n) is 5.01. The molecule has 2 aromatic heterocycles. The molecule has 3 aromatic rings. The molecule has 0 bridgehead atoms. The molecular formula is C24H31N5O2. The molecule has 1 aromatic carbocycles. The Bertz CT molecular complexity index is 1040. The van der Waals surface area contributed by atoms with E-state index < -0.39 is 0 Å². The van der Waals surface area contributed by atoms with Crippen LogP contribution in [0.25, 0.3) is 16.9 Å². The van der Waals surface area contributed by atoms with Gasteiger partial charge in [-0.2, -0.15) is 0 Å². The average Bonchev–Trinajstić information content (AvgIpc) is 3.32. The van der Waals surface area contributed by atoms with Crippen molar-refractivity contribution in [2.45, 2.75) is 38.1 Å². The lowest BCUT2D eigenvalue weighted by molar-refractivity contribution is 0.147. The minimum absolute atomic E-state index is 0.702. The van der Waals surface area contributed by atoms with Crippen LogP contribution in [0, 0.1) is 0 Å². The summed E-state index contributed by atoms with van der Waals surface area (Å²) in [6.45, 7) is 4.19. The minimum atomic E-state index is 0.702. The van der Waals surface area contributed by atoms with Gasteiger partial charge in [-0.1, -0.05) is 19.3 Å². The van der Waals surface area contributed by atoms with Gasteiger partial charge in [0.1, 0.15) is 5.65 Å². The summed E-state index contributed by atoms with van der Waals surface area (Å²) in [5.74, 6) is 2.38. The third kappa shape index (κ3) is 3.94. The first-order valence-corrected chi connectivity index (χ1v) is 11.3. The SMILES string of the molecule is COc1ccc(-c2cc3nccn3c(N3CCN(C4CCCCC4)CC3)n2)cc1OC. The van der Waals surface area contributed by atoms with Crippen LogP contribution in [-0.4, -0.2) is 65.7 Å². The van der Waals surface area contributed by atoms with Crippen LogP contribution >= 0.6 is 0 Å². The van der Waals surface area contributed by atoms with E-state index in [4.69, 9.17) is 14.5 Å². The molecule has 0 spiro atoms. The molecule has 7 nitrogen and oxygen atoms in total. The van der Waals surface area contributed by atoms with Crippen molar-refractivity contribution in [1.29, 1.82) is 0 Å². The Kier molecular flexibility index (Phi) is 5.68. The van der Waals surface area contributed by atoms with E-state index in [0.717, 1.165) is 55.1 Å². The van der Waals surface area contributed by atoms with Crippen LogP contribution < -0.4 is 14.4 Å². The van der Waals surface area contributed by atoms with Gasteiger partial charge < -0.3 is 14.4 Å². The summed E-state index contributed by atoms with van der Waals surface area (Å²) in [6, 6.07) is 8.73. The van der Waals surface area contributed by atoms with Crippen molar-refractivity contribution >= 4 is 11.6 Å². The fraction of sp³-hybridized carbons (Fsp3) is 0.500. The predicted molar refractivity (Wildman–Crippen MR) is 122 cm³/mol. The maximum Gasteiger partial charge on any atom is 0.211 e. The van der Waals surface area contributed by atoms with Crippen molar-refractivity contribution < 1.29 is 9.47 Å². The third-order valence-corrected chi connectivity index (χ3v) is 6.74. The van der Waals surface area contributed by atoms with Crippen molar-refractivity contribution in [2.75, 3.05) is 45.3 Å². The van der Waals surface area contributed by atoms with E-state index in [0.29, 0.717) is 11.5 Å². The number of methoxy groups -OCH3 is 2. The number of rotatable bonds is 5. The van der Waals surface area contributed by atoms with E-state index in [1.807, 2.05) is 36.7 Å². The monoisotopic (exact) mass is 421 g/mol. The fourth-order valence-corrected chi connectivity index (χ4v) is 5.01. The Hall–Kier alpha value is -2.80. The largest absolute Gasteiger partial charge is 0.493 e. The molecule has 3 heterocycles. The van der Waals surface area contributed by atoms with Gasteiger partial charge in [0.25, 0.3) is 0 Å². The van der Waals surface area contributed by atoms with Gasteiger partial charge in [0.15, 0.2) is 11.5 Å². The molecule has 1 aliphatic heterocycles. The number of piperazine rings is 1. The highest BCUT2D eigenvalue weighted by Gasteiger charge is 2.27. The smallest absolute Gasteiger partial charge is 0.211 e. The Balaban J connectivity index is 1.43. The number of imidazole rings is 1. The highest BCUT2D eigenvalue weighted by molar-refractivity contribution is 5.69. The summed E-state index contributed by atoms with van der Waals surface area (Å²) in [4.78, 5) is 14.7. The van der Waals surface area contributed by atoms with E-state index in [1.54, 1.807) is 14.2 Å². The highest BCUT2D eigenvalue weighted by atomic mass is 16.5. The number of benzene rings is 1. The molecule has 0 radical (unpaired) electrons. The second kappa shape index (κ2) is 8.75. The molecule has 1 aliphatic carbocycles. The van der Waals surface area contributed by atoms with Gasteiger partial charge in [-0.15, -0.1) is 0 Å². The second-order valence-electron chi connectivity index (χ2n) is 8.48. The summed E-state index contributed by atoms with van der Waals surface area (Å²) in [5, 5.41) is 0. The normalized spacial score (nSPS) is 18.5. The molecule has 5 rings (SSSR count). The van der Waals surface area contributed by atoms with Crippen LogP contribution in [0.15, 0.2) is 36.7 Å². The van der Waals surface area contributed by atoms with Crippen LogP contribution in [0.4, 0.5) is 5.95 Å². The summed E-state index contributed by atoms with van der Waals surface area (Å²) in [6.07, 6.45) is 10.7. The Morgan fingerprint density at radius 2 is 1.68 bits per heavy atom. The molecule has 7 heteroatoms. The quantitative estimate of drug-likeness (QED) is 0.623. The molecule has 1 saturated heterocycles. The molecule has 0 N–H and O–H groups in total. The highest BCUT2D eigenvalue weighted by Crippen LogP contribution is 2.33. The van der Waals surface area contributed by atoms with Gasteiger partial charge in [-0.05, 0) is 31.0 Å². The van der Waals surface area contributed by atoms with Crippen molar-refractivity contribution in [1.82, 2.24) is 19.3 Å². The second-order valence-corrected chi connectivity index (χ2v) is 8.48. The summed E-state index contributed by atoms with van der Waals surface area (Å²) in [5.41, 5.74) is 2.79. The van der Waals surface area contributed by atoms with Crippen LogP contribution in [0.2, 0.25) is 0 Å². The zero-order chi connectivity index (χ0) is 21.2. The number of nitrogens with zero attached hydrogens (tertiary/aromatic N) is 5. The standard InChI is InChI=1S/C24H31N5O2/c1-30-21-9-8-18(16-22(21)31-2)20-17-23-25-10-11-29(23)24(26-20)28-14-12-27(13-15-28)19-6-4-3-5-7-19/h8-11,16-17,19H,3-7,12-15H2,1-2H3. The number of anilines is 1. The van der Waals surface area contributed by atoms with E-state index in [-0.39, 0.29) is 0 Å². The Morgan fingerprint density at radius 3 is 2.42 bits per heavy atom. The zero-order valence-electron chi connectivity index (χ0n) is 18.5. The van der Waals surface area contributed by atoms with Crippen molar-refractivity contribution in [3.8, 4) is 22.8 Å². The maximum atomic E-state index is 5.50. The van der Waals surface area contributed by atoms with Gasteiger partial charge in [0.05, 0.1) is 19.9 Å². The van der Waals surface area contributed by atoms with Gasteiger partial charge >= 0.3 is 0 Å². The lowest BCUT2D eigenvalue weighted by Gasteiger charge is -2.41. The van der Waals surface area contributed by atoms with Crippen LogP contribution in [0.5, 0.6) is 11.5 Å². The number of fused-ring (bicyclic) bond motifs is 1. The molecule has 0 unspecified atom stereocenters. The van der Waals surface area contributed by atoms with Crippen molar-refractivity contribution in [3.05, 3.63) is 36.7 Å². The molecule has 0 amide bonds. The van der Waals surface area contributed by atoms with E-state index in [9.17, 15) is 0 Å². The van der Waals surface area contributed by atoms with Gasteiger partial charge in [0, 0.05) is 56.2 Å². The minimum Gasteiger partial charge on any atom is -0.493 e. The summed E-state index contributed by atoms with van der Waals surface area (Å²) in [7, 11) is 3.31. The number of hydrogen-bond acceptors (Lipinski definition) is 6. The zero-order valence-corrected chi connectivity index (χ0v) is 18.5. The molecule has 2 fully saturated rings. The first-order chi connectivity index (χ1) is 15.3. The Labute approximate surface area is 183 Å². The number of aromatic nitrogens is 3. The van der Waals surface area contributed by atoms with Crippen LogP contribution in [0.1, 0.15) is 32.1 Å². The van der Waals surface area contributed by atoms with Gasteiger partial charge in [0.2, 0.25) is 5.95 Å². The van der Waals surface area contributed by atoms with E-state index in [2.05, 4.69) is 19.2 Å². The van der Waals surface area contributed by atoms with Gasteiger partial charge in [-0.25, -0.2) is 9.97 Å². The van der Waals surface area contributed by atoms with Crippen LogP contribution in [0.3, 0.4) is 0 Å². The van der Waals surface area contributed by atoms with Crippen LogP contribution in [-0.2, 0) is 0 Å². The van der Waals surface area contributed by atoms with Crippen molar-refractivity contribution in [3.63, 3.8) is 0 Å². The maximum absolute atomic E-state index is 5.50. The van der Waals surface area contributed by atoms with Crippen molar-refractivity contribution in [2.24, 2.45) is 0 Å². The van der Waals surface area contributed by atoms with Gasteiger partial charge in [-0.3, -0.25) is 9.30 Å². The molecular weight excluding hydrogens is 390 g/mol. The van der Waals surface area contributed by atoms with E-state index in [1.165, 1.54) is 32.1 Å². The topological polar surface area (TPSA) is 55.1 Å². The Morgan fingerprint density at radius 1 is 0.903 bits per heavy atom. The molecule has 0 atom stereocenters. The predicted octanol–water partition coefficient (Wildman–Crippen LogP) is 3.87. The molecule has 31 heavy (non-hydrogen) atoms. The average molecular weight is 422 g/mol. The summed E-state index contributed by atoms with van der Waals surface area (Å²) >= 11 is 0. The third-order valence-electron chi connectivity index (χ3n) is 6.74. The first-order valence-electron chi connectivity index (χ1n) is 11.3. The first kappa shape index (κ1) is 20.1. The number of ether oxygens (including phenoxy) is 2. The lowest BCUT2D eigenvalue weighted by Crippen LogP contribution is -2.51. The van der Waals surface area contributed by atoms with E-state index >= 15 is 0 Å².